The zero-order valence-electron chi connectivity index (χ0n) is 8.24. The van der Waals surface area contributed by atoms with Gasteiger partial charge in [0, 0.05) is 6.20 Å². The van der Waals surface area contributed by atoms with E-state index in [1.165, 1.54) is 0 Å². The summed E-state index contributed by atoms with van der Waals surface area (Å²) in [5.41, 5.74) is 7.72. The van der Waals surface area contributed by atoms with E-state index >= 15 is 0 Å². The van der Waals surface area contributed by atoms with Crippen molar-refractivity contribution in [3.63, 3.8) is 0 Å². The first-order valence-corrected chi connectivity index (χ1v) is 4.86. The number of thiocarbonyl (C=S) groups is 1. The first kappa shape index (κ1) is 12.9. The fourth-order valence-electron chi connectivity index (χ4n) is 1.23. The van der Waals surface area contributed by atoms with E-state index in [0.29, 0.717) is 10.7 Å². The Labute approximate surface area is 113 Å². The maximum absolute atomic E-state index is 5.51. The van der Waals surface area contributed by atoms with Gasteiger partial charge in [-0.25, -0.2) is 4.98 Å². The maximum Gasteiger partial charge on any atom is 2.00 e. The average molecular weight is 322 g/mol. The second kappa shape index (κ2) is 5.81. The SMILES string of the molecule is NC(=S)c1cccc(-c2ccccn2)n1.[Pd+2]. The number of hydrogen-bond acceptors (Lipinski definition) is 3. The predicted molar refractivity (Wildman–Crippen MR) is 63.4 cm³/mol. The molecular formula is C11H9N3PdS+2. The van der Waals surface area contributed by atoms with E-state index in [1.807, 2.05) is 30.3 Å². The van der Waals surface area contributed by atoms with Crippen LogP contribution in [0.15, 0.2) is 42.6 Å². The molecule has 0 aliphatic carbocycles. The number of rotatable bonds is 2. The van der Waals surface area contributed by atoms with Crippen LogP contribution in [-0.2, 0) is 20.4 Å². The molecule has 3 nitrogen and oxygen atoms in total. The van der Waals surface area contributed by atoms with Crippen molar-refractivity contribution in [3.05, 3.63) is 48.3 Å². The third-order valence-electron chi connectivity index (χ3n) is 1.93. The smallest absolute Gasteiger partial charge is 0.388 e. The van der Waals surface area contributed by atoms with Gasteiger partial charge < -0.3 is 5.73 Å². The molecule has 2 N–H and O–H groups in total. The van der Waals surface area contributed by atoms with Crippen molar-refractivity contribution >= 4 is 17.2 Å². The zero-order chi connectivity index (χ0) is 10.7. The molecule has 0 spiro atoms. The molecule has 16 heavy (non-hydrogen) atoms. The molecule has 0 fully saturated rings. The molecule has 0 unspecified atom stereocenters. The molecule has 0 amide bonds. The van der Waals surface area contributed by atoms with Crippen LogP contribution in [0, 0.1) is 0 Å². The molecular weight excluding hydrogens is 313 g/mol. The second-order valence-electron chi connectivity index (χ2n) is 2.99. The summed E-state index contributed by atoms with van der Waals surface area (Å²) in [6.45, 7) is 0. The molecule has 0 aromatic carbocycles. The molecule has 0 saturated carbocycles. The van der Waals surface area contributed by atoms with Gasteiger partial charge in [-0.2, -0.15) is 0 Å². The van der Waals surface area contributed by atoms with Gasteiger partial charge in [0.2, 0.25) is 0 Å². The Morgan fingerprint density at radius 3 is 2.44 bits per heavy atom. The quantitative estimate of drug-likeness (QED) is 0.676. The van der Waals surface area contributed by atoms with E-state index < -0.39 is 0 Å². The number of hydrogen-bond donors (Lipinski definition) is 1. The summed E-state index contributed by atoms with van der Waals surface area (Å²) in [6, 6.07) is 11.2. The van der Waals surface area contributed by atoms with Crippen LogP contribution in [0.3, 0.4) is 0 Å². The molecule has 2 aromatic heterocycles. The fourth-order valence-corrected chi connectivity index (χ4v) is 1.34. The molecule has 0 aliphatic rings. The molecule has 0 aliphatic heterocycles. The normalized spacial score (nSPS) is 9.25. The summed E-state index contributed by atoms with van der Waals surface area (Å²) in [7, 11) is 0. The van der Waals surface area contributed by atoms with Crippen LogP contribution in [0.1, 0.15) is 5.69 Å². The number of nitrogens with zero attached hydrogens (tertiary/aromatic N) is 2. The van der Waals surface area contributed by atoms with E-state index in [4.69, 9.17) is 18.0 Å². The van der Waals surface area contributed by atoms with Gasteiger partial charge in [0.25, 0.3) is 0 Å². The Morgan fingerprint density at radius 2 is 1.81 bits per heavy atom. The minimum Gasteiger partial charge on any atom is -0.388 e. The van der Waals surface area contributed by atoms with Gasteiger partial charge in [0.1, 0.15) is 4.99 Å². The Morgan fingerprint density at radius 1 is 1.06 bits per heavy atom. The summed E-state index contributed by atoms with van der Waals surface area (Å²) < 4.78 is 0. The van der Waals surface area contributed by atoms with Gasteiger partial charge in [-0.05, 0) is 24.3 Å². The fraction of sp³-hybridized carbons (Fsp3) is 0. The van der Waals surface area contributed by atoms with Crippen LogP contribution in [0.2, 0.25) is 0 Å². The zero-order valence-corrected chi connectivity index (χ0v) is 10.6. The summed E-state index contributed by atoms with van der Waals surface area (Å²) in [5, 5.41) is 0. The van der Waals surface area contributed by atoms with Gasteiger partial charge in [0.05, 0.1) is 17.1 Å². The van der Waals surface area contributed by atoms with Crippen molar-refractivity contribution in [2.45, 2.75) is 0 Å². The molecule has 0 bridgehead atoms. The van der Waals surface area contributed by atoms with Crippen molar-refractivity contribution in [1.29, 1.82) is 0 Å². The Bertz CT molecular complexity index is 488. The van der Waals surface area contributed by atoms with Crippen LogP contribution in [-0.4, -0.2) is 15.0 Å². The molecule has 2 heterocycles. The van der Waals surface area contributed by atoms with Gasteiger partial charge in [0.15, 0.2) is 0 Å². The van der Waals surface area contributed by atoms with Crippen molar-refractivity contribution in [2.24, 2.45) is 5.73 Å². The third-order valence-corrected chi connectivity index (χ3v) is 2.14. The molecule has 0 saturated heterocycles. The van der Waals surface area contributed by atoms with Crippen molar-refractivity contribution in [1.82, 2.24) is 9.97 Å². The summed E-state index contributed by atoms with van der Waals surface area (Å²) in [6.07, 6.45) is 1.73. The molecule has 5 heteroatoms. The average Bonchev–Trinajstić information content (AvgIpc) is 2.30. The van der Waals surface area contributed by atoms with Gasteiger partial charge in [-0.3, -0.25) is 4.98 Å². The van der Waals surface area contributed by atoms with Crippen LogP contribution >= 0.6 is 12.2 Å². The Kier molecular flexibility index (Phi) is 4.69. The van der Waals surface area contributed by atoms with Crippen LogP contribution in [0.5, 0.6) is 0 Å². The standard InChI is InChI=1S/C11H9N3S.Pd/c12-11(15)10-6-3-5-9(14-10)8-4-1-2-7-13-8;/h1-7H,(H2,12,15);/q;+2. The molecule has 2 aromatic rings. The topological polar surface area (TPSA) is 51.8 Å². The molecule has 82 valence electrons. The predicted octanol–water partition coefficient (Wildman–Crippen LogP) is 1.78. The third kappa shape index (κ3) is 2.92. The number of aromatic nitrogens is 2. The van der Waals surface area contributed by atoms with E-state index in [1.54, 1.807) is 12.3 Å². The summed E-state index contributed by atoms with van der Waals surface area (Å²) >= 11 is 4.87. The van der Waals surface area contributed by atoms with E-state index in [9.17, 15) is 0 Å². The maximum atomic E-state index is 5.51. The Hall–Kier alpha value is -1.15. The van der Waals surface area contributed by atoms with Gasteiger partial charge in [-0.1, -0.05) is 24.4 Å². The number of nitrogens with two attached hydrogens (primary N) is 1. The van der Waals surface area contributed by atoms with Crippen molar-refractivity contribution < 1.29 is 20.4 Å². The van der Waals surface area contributed by atoms with Crippen molar-refractivity contribution in [3.8, 4) is 11.4 Å². The minimum atomic E-state index is 0. The summed E-state index contributed by atoms with van der Waals surface area (Å²) in [5.74, 6) is 0. The van der Waals surface area contributed by atoms with Crippen molar-refractivity contribution in [2.75, 3.05) is 0 Å². The van der Waals surface area contributed by atoms with Crippen LogP contribution in [0.25, 0.3) is 11.4 Å². The first-order chi connectivity index (χ1) is 7.27. The monoisotopic (exact) mass is 321 g/mol. The minimum absolute atomic E-state index is 0. The largest absolute Gasteiger partial charge is 2.00 e. The second-order valence-corrected chi connectivity index (χ2v) is 3.43. The van der Waals surface area contributed by atoms with Gasteiger partial charge >= 0.3 is 20.4 Å². The molecule has 2 rings (SSSR count). The number of pyridine rings is 2. The van der Waals surface area contributed by atoms with Gasteiger partial charge in [-0.15, -0.1) is 0 Å². The van der Waals surface area contributed by atoms with E-state index in [-0.39, 0.29) is 20.4 Å². The molecule has 0 radical (unpaired) electrons. The van der Waals surface area contributed by atoms with Crippen LogP contribution in [0.4, 0.5) is 0 Å². The van der Waals surface area contributed by atoms with E-state index in [2.05, 4.69) is 9.97 Å². The summed E-state index contributed by atoms with van der Waals surface area (Å²) in [4.78, 5) is 8.82. The van der Waals surface area contributed by atoms with Crippen LogP contribution < -0.4 is 5.73 Å². The molecule has 0 atom stereocenters. The van der Waals surface area contributed by atoms with E-state index in [0.717, 1.165) is 11.4 Å². The first-order valence-electron chi connectivity index (χ1n) is 4.45. The Balaban J connectivity index is 0.00000128.